The summed E-state index contributed by atoms with van der Waals surface area (Å²) in [4.78, 5) is 50.3. The summed E-state index contributed by atoms with van der Waals surface area (Å²) < 4.78 is 6.01. The molecule has 1 heterocycles. The van der Waals surface area contributed by atoms with Crippen LogP contribution in [0.15, 0.2) is 20.0 Å². The molecule has 10 heteroatoms. The summed E-state index contributed by atoms with van der Waals surface area (Å²) >= 11 is 0. The SMILES string of the molecule is O=C=NCCCCCC/N=C1\OCN(CCCCCCN=C=O)CN1CCCCCCN=C=O. The van der Waals surface area contributed by atoms with Gasteiger partial charge in [0, 0.05) is 19.6 Å². The second kappa shape index (κ2) is 22.2. The van der Waals surface area contributed by atoms with Crippen LogP contribution in [0.1, 0.15) is 77.0 Å². The molecule has 0 amide bonds. The molecule has 0 aromatic heterocycles. The van der Waals surface area contributed by atoms with Crippen LogP contribution in [-0.2, 0) is 19.1 Å². The van der Waals surface area contributed by atoms with E-state index in [1.165, 1.54) is 0 Å². The van der Waals surface area contributed by atoms with Crippen LogP contribution in [-0.4, -0.2) is 86.7 Å². The zero-order valence-electron chi connectivity index (χ0n) is 20.5. The zero-order valence-corrected chi connectivity index (χ0v) is 20.5. The largest absolute Gasteiger partial charge is 0.449 e. The molecule has 0 spiro atoms. The number of hydrogen-bond donors (Lipinski definition) is 0. The van der Waals surface area contributed by atoms with Crippen molar-refractivity contribution in [2.75, 3.05) is 52.7 Å². The molecule has 0 saturated carbocycles. The van der Waals surface area contributed by atoms with E-state index < -0.39 is 0 Å². The average molecular weight is 477 g/mol. The summed E-state index contributed by atoms with van der Waals surface area (Å²) in [7, 11) is 0. The Labute approximate surface area is 203 Å². The molecule has 0 N–H and O–H groups in total. The molecule has 0 aromatic carbocycles. The van der Waals surface area contributed by atoms with E-state index in [-0.39, 0.29) is 0 Å². The van der Waals surface area contributed by atoms with E-state index in [1.54, 1.807) is 18.2 Å². The Morgan fingerprint density at radius 1 is 0.618 bits per heavy atom. The van der Waals surface area contributed by atoms with Gasteiger partial charge < -0.3 is 9.64 Å². The molecule has 0 aromatic rings. The topological polar surface area (TPSA) is 116 Å². The van der Waals surface area contributed by atoms with Crippen LogP contribution in [0.4, 0.5) is 0 Å². The number of aliphatic imine (C=N–C) groups is 4. The summed E-state index contributed by atoms with van der Waals surface area (Å²) in [6.07, 6.45) is 17.0. The Morgan fingerprint density at radius 2 is 1.09 bits per heavy atom. The van der Waals surface area contributed by atoms with Crippen molar-refractivity contribution < 1.29 is 19.1 Å². The van der Waals surface area contributed by atoms with Gasteiger partial charge in [-0.1, -0.05) is 38.5 Å². The summed E-state index contributed by atoms with van der Waals surface area (Å²) in [5.74, 6) is 0. The van der Waals surface area contributed by atoms with Gasteiger partial charge in [-0.3, -0.25) is 4.90 Å². The fraction of sp³-hybridized carbons (Fsp3) is 0.833. The van der Waals surface area contributed by atoms with Gasteiger partial charge in [0.2, 0.25) is 18.2 Å². The smallest absolute Gasteiger partial charge is 0.289 e. The van der Waals surface area contributed by atoms with Crippen molar-refractivity contribution >= 4 is 24.3 Å². The van der Waals surface area contributed by atoms with Crippen molar-refractivity contribution in [2.24, 2.45) is 20.0 Å². The van der Waals surface area contributed by atoms with Gasteiger partial charge in [0.25, 0.3) is 6.02 Å². The average Bonchev–Trinajstić information content (AvgIpc) is 2.85. The molecule has 0 aliphatic carbocycles. The maximum Gasteiger partial charge on any atom is 0.289 e. The Bertz CT molecular complexity index is 698. The summed E-state index contributed by atoms with van der Waals surface area (Å²) in [6, 6.07) is 0.735. The Morgan fingerprint density at radius 3 is 1.62 bits per heavy atom. The van der Waals surface area contributed by atoms with E-state index >= 15 is 0 Å². The highest BCUT2D eigenvalue weighted by Gasteiger charge is 2.22. The van der Waals surface area contributed by atoms with Crippen LogP contribution in [0.5, 0.6) is 0 Å². The number of nitrogens with zero attached hydrogens (tertiary/aromatic N) is 6. The molecule has 1 saturated heterocycles. The molecular weight excluding hydrogens is 436 g/mol. The van der Waals surface area contributed by atoms with Gasteiger partial charge in [-0.2, -0.15) is 0 Å². The first-order valence-corrected chi connectivity index (χ1v) is 12.6. The highest BCUT2D eigenvalue weighted by atomic mass is 16.5. The van der Waals surface area contributed by atoms with E-state index in [0.29, 0.717) is 26.4 Å². The number of unbranched alkanes of at least 4 members (excludes halogenated alkanes) is 9. The fourth-order valence-corrected chi connectivity index (χ4v) is 3.73. The van der Waals surface area contributed by atoms with E-state index in [0.717, 1.165) is 109 Å². The van der Waals surface area contributed by atoms with Crippen LogP contribution in [0.3, 0.4) is 0 Å². The van der Waals surface area contributed by atoms with Crippen LogP contribution in [0.25, 0.3) is 0 Å². The monoisotopic (exact) mass is 476 g/mol. The second-order valence-corrected chi connectivity index (χ2v) is 8.40. The minimum Gasteiger partial charge on any atom is -0.449 e. The van der Waals surface area contributed by atoms with Crippen LogP contribution in [0.2, 0.25) is 0 Å². The molecule has 1 aliphatic rings. The molecule has 34 heavy (non-hydrogen) atoms. The lowest BCUT2D eigenvalue weighted by Crippen LogP contribution is -2.50. The summed E-state index contributed by atoms with van der Waals surface area (Å²) in [5.41, 5.74) is 0. The standard InChI is InChI=1S/C24H40N6O4/c31-19-25-13-7-1-2-10-16-28-24-30(18-12-6-4-9-15-27-21-33)22-29(23-34-24)17-11-5-3-8-14-26-20-32/h1-18,22-23H2/b28-24-. The Balaban J connectivity index is 2.39. The highest BCUT2D eigenvalue weighted by molar-refractivity contribution is 5.74. The minimum atomic E-state index is 0.554. The van der Waals surface area contributed by atoms with Crippen molar-refractivity contribution in [3.8, 4) is 0 Å². The van der Waals surface area contributed by atoms with E-state index in [1.807, 2.05) is 0 Å². The Kier molecular flexibility index (Phi) is 19.2. The molecule has 190 valence electrons. The van der Waals surface area contributed by atoms with Crippen LogP contribution >= 0.6 is 0 Å². The minimum absolute atomic E-state index is 0.554. The number of rotatable bonds is 21. The normalized spacial score (nSPS) is 14.7. The third-order valence-electron chi connectivity index (χ3n) is 5.58. The van der Waals surface area contributed by atoms with Crippen molar-refractivity contribution in [1.82, 2.24) is 9.80 Å². The first-order chi connectivity index (χ1) is 16.8. The van der Waals surface area contributed by atoms with E-state index in [9.17, 15) is 14.4 Å². The molecule has 0 unspecified atom stereocenters. The second-order valence-electron chi connectivity index (χ2n) is 8.40. The fourth-order valence-electron chi connectivity index (χ4n) is 3.73. The zero-order chi connectivity index (χ0) is 24.5. The van der Waals surface area contributed by atoms with Crippen LogP contribution in [0, 0.1) is 0 Å². The van der Waals surface area contributed by atoms with Crippen LogP contribution < -0.4 is 0 Å². The number of carbonyl (C=O) groups excluding carboxylic acids is 3. The number of hydrogen-bond acceptors (Lipinski definition) is 9. The lowest BCUT2D eigenvalue weighted by atomic mass is 10.2. The molecular formula is C24H40N6O4. The third kappa shape index (κ3) is 16.1. The van der Waals surface area contributed by atoms with Gasteiger partial charge in [-0.15, -0.1) is 0 Å². The molecule has 1 fully saturated rings. The van der Waals surface area contributed by atoms with Gasteiger partial charge in [0.1, 0.15) is 6.73 Å². The highest BCUT2D eigenvalue weighted by Crippen LogP contribution is 2.12. The molecule has 0 radical (unpaired) electrons. The maximum absolute atomic E-state index is 10.1. The lowest BCUT2D eigenvalue weighted by Gasteiger charge is -2.37. The molecule has 10 nitrogen and oxygen atoms in total. The Hall–Kier alpha value is -2.63. The van der Waals surface area contributed by atoms with Gasteiger partial charge in [-0.25, -0.2) is 34.4 Å². The van der Waals surface area contributed by atoms with Gasteiger partial charge in [-0.05, 0) is 38.5 Å². The lowest BCUT2D eigenvalue weighted by molar-refractivity contribution is 0.0144. The summed E-state index contributed by atoms with van der Waals surface area (Å²) in [5, 5.41) is 0. The first kappa shape index (κ1) is 29.4. The molecule has 1 aliphatic heterocycles. The van der Waals surface area contributed by atoms with Gasteiger partial charge in [0.05, 0.1) is 26.3 Å². The van der Waals surface area contributed by atoms with Crippen molar-refractivity contribution in [3.05, 3.63) is 0 Å². The van der Waals surface area contributed by atoms with E-state index in [4.69, 9.17) is 9.73 Å². The van der Waals surface area contributed by atoms with Crippen molar-refractivity contribution in [2.45, 2.75) is 77.0 Å². The van der Waals surface area contributed by atoms with E-state index in [2.05, 4.69) is 24.8 Å². The summed E-state index contributed by atoms with van der Waals surface area (Å²) in [6.45, 7) is 5.63. The predicted octanol–water partition coefficient (Wildman–Crippen LogP) is 3.58. The molecule has 1 rings (SSSR count). The quantitative estimate of drug-likeness (QED) is 0.142. The van der Waals surface area contributed by atoms with Crippen molar-refractivity contribution in [1.29, 1.82) is 0 Å². The number of isocyanates is 3. The van der Waals surface area contributed by atoms with Gasteiger partial charge >= 0.3 is 0 Å². The molecule has 0 atom stereocenters. The predicted molar refractivity (Wildman–Crippen MR) is 131 cm³/mol. The van der Waals surface area contributed by atoms with Gasteiger partial charge in [0.15, 0.2) is 0 Å². The molecule has 0 bridgehead atoms. The third-order valence-corrected chi connectivity index (χ3v) is 5.58. The maximum atomic E-state index is 10.1. The van der Waals surface area contributed by atoms with Crippen molar-refractivity contribution in [3.63, 3.8) is 0 Å². The first-order valence-electron chi connectivity index (χ1n) is 12.6. The number of ether oxygens (including phenoxy) is 1. The number of amidine groups is 1.